The minimum absolute atomic E-state index is 0.0203. The lowest BCUT2D eigenvalue weighted by Crippen LogP contribution is -2.45. The number of aliphatic hydroxyl groups is 2. The molecule has 10 nitrogen and oxygen atoms in total. The summed E-state index contributed by atoms with van der Waals surface area (Å²) in [4.78, 5) is 13.3. The smallest absolute Gasteiger partial charge is 0.338 e. The zero-order valence-electron chi connectivity index (χ0n) is 22.2. The van der Waals surface area contributed by atoms with E-state index in [0.29, 0.717) is 5.75 Å². The Morgan fingerprint density at radius 3 is 2.31 bits per heavy atom. The Kier molecular flexibility index (Phi) is 6.69. The lowest BCUT2D eigenvalue weighted by atomic mass is 9.71. The molecule has 0 bridgehead atoms. The number of phenols is 1. The molecule has 10 heteroatoms. The maximum Gasteiger partial charge on any atom is 0.338 e. The molecular weight excluding hydrogens is 508 g/mol. The zero-order valence-corrected chi connectivity index (χ0v) is 22.2. The second-order valence-electron chi connectivity index (χ2n) is 9.64. The first-order chi connectivity index (χ1) is 18.6. The van der Waals surface area contributed by atoms with Crippen LogP contribution in [-0.2, 0) is 4.74 Å². The van der Waals surface area contributed by atoms with Crippen LogP contribution in [0.15, 0.2) is 42.5 Å². The van der Waals surface area contributed by atoms with Gasteiger partial charge in [-0.25, -0.2) is 4.79 Å². The molecule has 0 aromatic heterocycles. The summed E-state index contributed by atoms with van der Waals surface area (Å²) in [6.45, 7) is 3.01. The number of methoxy groups -OCH3 is 3. The molecule has 0 unspecified atom stereocenters. The largest absolute Gasteiger partial charge is 0.504 e. The van der Waals surface area contributed by atoms with Gasteiger partial charge in [-0.15, -0.1) is 0 Å². The number of rotatable bonds is 5. The average molecular weight is 539 g/mol. The molecule has 5 rings (SSSR count). The van der Waals surface area contributed by atoms with Crippen molar-refractivity contribution in [3.63, 3.8) is 0 Å². The van der Waals surface area contributed by atoms with E-state index in [-0.39, 0.29) is 63.4 Å². The van der Waals surface area contributed by atoms with Crippen LogP contribution in [0.1, 0.15) is 47.5 Å². The first-order valence-electron chi connectivity index (χ1n) is 12.3. The van der Waals surface area contributed by atoms with Gasteiger partial charge in [-0.05, 0) is 36.8 Å². The number of benzene rings is 3. The predicted octanol–water partition coefficient (Wildman–Crippen LogP) is 4.15. The second-order valence-corrected chi connectivity index (χ2v) is 9.64. The average Bonchev–Trinajstić information content (AvgIpc) is 3.42. The molecule has 206 valence electrons. The fourth-order valence-electron chi connectivity index (χ4n) is 5.26. The molecule has 0 saturated carbocycles. The number of phenolic OH excluding ortho intramolecular Hbond substituents is 1. The van der Waals surface area contributed by atoms with Gasteiger partial charge in [0.15, 0.2) is 29.1 Å². The van der Waals surface area contributed by atoms with Crippen LogP contribution in [0.3, 0.4) is 0 Å². The Balaban J connectivity index is 1.87. The molecule has 4 atom stereocenters. The van der Waals surface area contributed by atoms with E-state index in [2.05, 4.69) is 0 Å². The second kappa shape index (κ2) is 9.87. The number of aliphatic hydroxyl groups excluding tert-OH is 1. The van der Waals surface area contributed by atoms with Crippen molar-refractivity contribution in [3.05, 3.63) is 59.2 Å². The molecule has 3 aromatic carbocycles. The van der Waals surface area contributed by atoms with Crippen LogP contribution >= 0.6 is 0 Å². The van der Waals surface area contributed by atoms with Crippen molar-refractivity contribution in [2.24, 2.45) is 5.92 Å². The summed E-state index contributed by atoms with van der Waals surface area (Å²) in [5.41, 5.74) is -0.664. The van der Waals surface area contributed by atoms with Crippen molar-refractivity contribution in [1.82, 2.24) is 0 Å². The molecule has 0 saturated heterocycles. The van der Waals surface area contributed by atoms with Crippen LogP contribution in [0, 0.1) is 5.92 Å². The number of aromatic hydroxyl groups is 1. The molecule has 3 aromatic rings. The minimum atomic E-state index is -1.82. The van der Waals surface area contributed by atoms with Gasteiger partial charge in [-0.2, -0.15) is 0 Å². The van der Waals surface area contributed by atoms with Gasteiger partial charge in [0.25, 0.3) is 0 Å². The molecule has 1 aliphatic heterocycles. The van der Waals surface area contributed by atoms with Gasteiger partial charge in [-0.3, -0.25) is 0 Å². The molecule has 1 aliphatic carbocycles. The molecule has 1 heterocycles. The van der Waals surface area contributed by atoms with E-state index in [1.165, 1.54) is 34.3 Å². The molecule has 0 spiro atoms. The van der Waals surface area contributed by atoms with E-state index in [1.54, 1.807) is 43.3 Å². The standard InChI is InChI=1S/C29H30O10/c1-14-22(30)16-11-18(34-3)24(35-4)23(31)20(16)21-17(12-19-25(26(21)36-5)38-13-37-19)27(29(14,2)33)39-28(32)15-9-7-6-8-10-15/h6-12,14,22,27,30-31,33H,13H2,1-5H3/t14-,22+,27-,29+/m1/s1. The third kappa shape index (κ3) is 4.07. The first-order valence-corrected chi connectivity index (χ1v) is 12.3. The van der Waals surface area contributed by atoms with Crippen LogP contribution in [0.4, 0.5) is 0 Å². The Bertz CT molecular complexity index is 1420. The third-order valence-electron chi connectivity index (χ3n) is 7.54. The molecule has 0 fully saturated rings. The maximum atomic E-state index is 13.3. The lowest BCUT2D eigenvalue weighted by molar-refractivity contribution is -0.133. The highest BCUT2D eigenvalue weighted by Gasteiger charge is 2.50. The van der Waals surface area contributed by atoms with Crippen LogP contribution in [0.25, 0.3) is 11.1 Å². The third-order valence-corrected chi connectivity index (χ3v) is 7.54. The normalized spacial score (nSPS) is 23.1. The van der Waals surface area contributed by atoms with E-state index in [1.807, 2.05) is 0 Å². The Morgan fingerprint density at radius 2 is 1.67 bits per heavy atom. The summed E-state index contributed by atoms with van der Waals surface area (Å²) in [5.74, 6) is -1.03. The molecule has 39 heavy (non-hydrogen) atoms. The number of fused-ring (bicyclic) bond motifs is 4. The maximum absolute atomic E-state index is 13.3. The van der Waals surface area contributed by atoms with Crippen molar-refractivity contribution in [1.29, 1.82) is 0 Å². The molecule has 0 radical (unpaired) electrons. The van der Waals surface area contributed by atoms with E-state index in [0.717, 1.165) is 0 Å². The summed E-state index contributed by atoms with van der Waals surface area (Å²) < 4.78 is 34.0. The van der Waals surface area contributed by atoms with Gasteiger partial charge >= 0.3 is 5.97 Å². The number of hydrogen-bond acceptors (Lipinski definition) is 10. The topological polar surface area (TPSA) is 133 Å². The van der Waals surface area contributed by atoms with Crippen molar-refractivity contribution < 1.29 is 48.5 Å². The zero-order chi connectivity index (χ0) is 28.1. The van der Waals surface area contributed by atoms with E-state index in [4.69, 9.17) is 28.4 Å². The monoisotopic (exact) mass is 538 g/mol. The lowest BCUT2D eigenvalue weighted by Gasteiger charge is -2.42. The van der Waals surface area contributed by atoms with Crippen molar-refractivity contribution >= 4 is 5.97 Å². The van der Waals surface area contributed by atoms with Gasteiger partial charge < -0.3 is 43.7 Å². The van der Waals surface area contributed by atoms with E-state index in [9.17, 15) is 20.1 Å². The number of hydrogen-bond donors (Lipinski definition) is 3. The highest BCUT2D eigenvalue weighted by molar-refractivity contribution is 5.91. The summed E-state index contributed by atoms with van der Waals surface area (Å²) in [5, 5.41) is 35.2. The molecule has 2 aliphatic rings. The van der Waals surface area contributed by atoms with E-state index < -0.39 is 29.7 Å². The number of esters is 1. The molecule has 0 amide bonds. The van der Waals surface area contributed by atoms with Crippen LogP contribution in [0.2, 0.25) is 0 Å². The SMILES string of the molecule is COc1cc2c(c(O)c1OC)-c1c(cc3c(c1OC)OCO3)[C@@H](OC(=O)c1ccccc1)[C@@](C)(O)[C@H](C)[C@@H]2O. The number of ether oxygens (including phenoxy) is 6. The van der Waals surface area contributed by atoms with Crippen molar-refractivity contribution in [3.8, 4) is 45.6 Å². The number of carbonyl (C=O) groups excluding carboxylic acids is 1. The Labute approximate surface area is 225 Å². The minimum Gasteiger partial charge on any atom is -0.504 e. The van der Waals surface area contributed by atoms with Gasteiger partial charge in [0.1, 0.15) is 5.60 Å². The fraction of sp³-hybridized carbons (Fsp3) is 0.345. The quantitative estimate of drug-likeness (QED) is 0.407. The Morgan fingerprint density at radius 1 is 0.974 bits per heavy atom. The van der Waals surface area contributed by atoms with Crippen LogP contribution in [0.5, 0.6) is 34.5 Å². The van der Waals surface area contributed by atoms with Gasteiger partial charge in [0.05, 0.1) is 33.0 Å². The highest BCUT2D eigenvalue weighted by Crippen LogP contribution is 2.60. The van der Waals surface area contributed by atoms with Gasteiger partial charge in [-0.1, -0.05) is 25.1 Å². The predicted molar refractivity (Wildman–Crippen MR) is 139 cm³/mol. The van der Waals surface area contributed by atoms with Crippen LogP contribution < -0.4 is 23.7 Å². The molecule has 3 N–H and O–H groups in total. The summed E-state index contributed by atoms with van der Waals surface area (Å²) in [6.07, 6.45) is -2.68. The fourth-order valence-corrected chi connectivity index (χ4v) is 5.26. The summed E-state index contributed by atoms with van der Waals surface area (Å²) in [6, 6.07) is 11.5. The van der Waals surface area contributed by atoms with Crippen molar-refractivity contribution in [2.75, 3.05) is 28.1 Å². The first kappa shape index (κ1) is 26.5. The van der Waals surface area contributed by atoms with Gasteiger partial charge in [0, 0.05) is 22.6 Å². The summed E-state index contributed by atoms with van der Waals surface area (Å²) >= 11 is 0. The van der Waals surface area contributed by atoms with Crippen LogP contribution in [-0.4, -0.2) is 55.0 Å². The van der Waals surface area contributed by atoms with Gasteiger partial charge in [0.2, 0.25) is 18.3 Å². The number of carbonyl (C=O) groups is 1. The van der Waals surface area contributed by atoms with E-state index >= 15 is 0 Å². The van der Waals surface area contributed by atoms with Crippen molar-refractivity contribution in [2.45, 2.75) is 31.7 Å². The highest BCUT2D eigenvalue weighted by atomic mass is 16.7. The Hall–Kier alpha value is -4.15. The molecular formula is C29H30O10. The summed E-state index contributed by atoms with van der Waals surface area (Å²) in [7, 11) is 4.19.